The van der Waals surface area contributed by atoms with Crippen LogP contribution in [0.25, 0.3) is 0 Å². The third-order valence-electron chi connectivity index (χ3n) is 2.18. The summed E-state index contributed by atoms with van der Waals surface area (Å²) in [4.78, 5) is 1.90. The Morgan fingerprint density at radius 1 is 1.60 bits per heavy atom. The lowest BCUT2D eigenvalue weighted by Crippen LogP contribution is -2.23. The van der Waals surface area contributed by atoms with Crippen molar-refractivity contribution in [2.45, 2.75) is 6.92 Å². The quantitative estimate of drug-likeness (QED) is 0.705. The van der Waals surface area contributed by atoms with Crippen LogP contribution < -0.4 is 4.90 Å². The normalized spacial score (nSPS) is 9.40. The van der Waals surface area contributed by atoms with Crippen LogP contribution in [-0.2, 0) is 0 Å². The summed E-state index contributed by atoms with van der Waals surface area (Å²) >= 11 is 0. The van der Waals surface area contributed by atoms with Crippen molar-refractivity contribution in [3.05, 3.63) is 42.2 Å². The fourth-order valence-electron chi connectivity index (χ4n) is 1.44. The molecule has 15 heavy (non-hydrogen) atoms. The highest BCUT2D eigenvalue weighted by molar-refractivity contribution is 5.60. The molecule has 2 nitrogen and oxygen atoms in total. The summed E-state index contributed by atoms with van der Waals surface area (Å²) in [5.41, 5.74) is 0.723. The van der Waals surface area contributed by atoms with E-state index < -0.39 is 5.82 Å². The van der Waals surface area contributed by atoms with E-state index in [-0.39, 0.29) is 5.56 Å². The lowest BCUT2D eigenvalue weighted by molar-refractivity contribution is 0.623. The molecule has 0 radical (unpaired) electrons. The zero-order valence-corrected chi connectivity index (χ0v) is 8.70. The molecule has 3 heteroatoms. The minimum Gasteiger partial charge on any atom is -0.367 e. The SMILES string of the molecule is C=CCN(CC)c1cccc(F)c1C#N. The first-order chi connectivity index (χ1) is 7.24. The Morgan fingerprint density at radius 3 is 2.87 bits per heavy atom. The summed E-state index contributed by atoms with van der Waals surface area (Å²) in [5, 5.41) is 8.87. The van der Waals surface area contributed by atoms with Crippen LogP contribution in [0.2, 0.25) is 0 Å². The minimum absolute atomic E-state index is 0.0983. The van der Waals surface area contributed by atoms with Crippen molar-refractivity contribution in [3.8, 4) is 6.07 Å². The lowest BCUT2D eigenvalue weighted by Gasteiger charge is -2.22. The van der Waals surface area contributed by atoms with E-state index in [1.54, 1.807) is 18.2 Å². The molecule has 0 saturated heterocycles. The Bertz CT molecular complexity index is 393. The highest BCUT2D eigenvalue weighted by Gasteiger charge is 2.11. The van der Waals surface area contributed by atoms with Gasteiger partial charge in [-0.15, -0.1) is 6.58 Å². The molecule has 0 heterocycles. The summed E-state index contributed by atoms with van der Waals surface area (Å²) in [7, 11) is 0. The predicted octanol–water partition coefficient (Wildman–Crippen LogP) is 2.71. The smallest absolute Gasteiger partial charge is 0.143 e. The number of likely N-dealkylation sites (N-methyl/N-ethyl adjacent to an activating group) is 1. The molecular weight excluding hydrogens is 191 g/mol. The van der Waals surface area contributed by atoms with Gasteiger partial charge in [-0.1, -0.05) is 12.1 Å². The van der Waals surface area contributed by atoms with E-state index in [4.69, 9.17) is 5.26 Å². The number of hydrogen-bond donors (Lipinski definition) is 0. The van der Waals surface area contributed by atoms with Gasteiger partial charge in [-0.05, 0) is 19.1 Å². The van der Waals surface area contributed by atoms with Gasteiger partial charge >= 0.3 is 0 Å². The number of halogens is 1. The molecule has 0 saturated carbocycles. The second kappa shape index (κ2) is 5.16. The van der Waals surface area contributed by atoms with Gasteiger partial charge in [0.25, 0.3) is 0 Å². The van der Waals surface area contributed by atoms with Crippen LogP contribution in [0.5, 0.6) is 0 Å². The van der Waals surface area contributed by atoms with Crippen LogP contribution in [0.3, 0.4) is 0 Å². The molecule has 0 unspecified atom stereocenters. The number of nitrogens with zero attached hydrogens (tertiary/aromatic N) is 2. The fourth-order valence-corrected chi connectivity index (χ4v) is 1.44. The van der Waals surface area contributed by atoms with Gasteiger partial charge in [-0.2, -0.15) is 5.26 Å². The molecule has 1 aromatic rings. The molecule has 0 atom stereocenters. The van der Waals surface area contributed by atoms with E-state index in [2.05, 4.69) is 6.58 Å². The first kappa shape index (κ1) is 11.3. The van der Waals surface area contributed by atoms with E-state index in [1.165, 1.54) is 6.07 Å². The van der Waals surface area contributed by atoms with Crippen molar-refractivity contribution < 1.29 is 4.39 Å². The van der Waals surface area contributed by atoms with E-state index in [0.717, 1.165) is 0 Å². The fraction of sp³-hybridized carbons (Fsp3) is 0.250. The molecule has 0 spiro atoms. The van der Waals surface area contributed by atoms with Crippen molar-refractivity contribution in [2.75, 3.05) is 18.0 Å². The molecule has 0 aliphatic heterocycles. The van der Waals surface area contributed by atoms with Gasteiger partial charge in [-0.3, -0.25) is 0 Å². The first-order valence-electron chi connectivity index (χ1n) is 4.79. The summed E-state index contributed by atoms with van der Waals surface area (Å²) in [6.07, 6.45) is 1.73. The summed E-state index contributed by atoms with van der Waals surface area (Å²) < 4.78 is 13.3. The largest absolute Gasteiger partial charge is 0.367 e. The van der Waals surface area contributed by atoms with Crippen molar-refractivity contribution in [1.82, 2.24) is 0 Å². The average Bonchev–Trinajstić information content (AvgIpc) is 2.25. The van der Waals surface area contributed by atoms with E-state index >= 15 is 0 Å². The van der Waals surface area contributed by atoms with Gasteiger partial charge in [0, 0.05) is 13.1 Å². The number of benzene rings is 1. The molecule has 0 aliphatic carbocycles. The molecule has 1 aromatic carbocycles. The van der Waals surface area contributed by atoms with Gasteiger partial charge in [0.15, 0.2) is 0 Å². The molecule has 78 valence electrons. The summed E-state index contributed by atoms with van der Waals surface area (Å²) in [6, 6.07) is 6.53. The minimum atomic E-state index is -0.475. The zero-order chi connectivity index (χ0) is 11.3. The molecule has 0 bridgehead atoms. The van der Waals surface area contributed by atoms with E-state index in [1.807, 2.05) is 17.9 Å². The molecule has 1 rings (SSSR count). The molecule has 0 fully saturated rings. The van der Waals surface area contributed by atoms with Crippen molar-refractivity contribution in [2.24, 2.45) is 0 Å². The number of hydrogen-bond acceptors (Lipinski definition) is 2. The van der Waals surface area contributed by atoms with Crippen LogP contribution in [0.4, 0.5) is 10.1 Å². The monoisotopic (exact) mass is 204 g/mol. The maximum atomic E-state index is 13.3. The molecule has 0 aliphatic rings. The number of nitriles is 1. The number of rotatable bonds is 4. The highest BCUT2D eigenvalue weighted by atomic mass is 19.1. The Balaban J connectivity index is 3.17. The van der Waals surface area contributed by atoms with Gasteiger partial charge in [-0.25, -0.2) is 4.39 Å². The second-order valence-corrected chi connectivity index (χ2v) is 3.07. The van der Waals surface area contributed by atoms with Crippen LogP contribution >= 0.6 is 0 Å². The van der Waals surface area contributed by atoms with Crippen LogP contribution in [0.15, 0.2) is 30.9 Å². The highest BCUT2D eigenvalue weighted by Crippen LogP contribution is 2.22. The third kappa shape index (κ3) is 2.35. The second-order valence-electron chi connectivity index (χ2n) is 3.07. The van der Waals surface area contributed by atoms with Gasteiger partial charge in [0.2, 0.25) is 0 Å². The van der Waals surface area contributed by atoms with E-state index in [0.29, 0.717) is 18.8 Å². The Hall–Kier alpha value is -1.82. The number of anilines is 1. The molecular formula is C12H13FN2. The maximum absolute atomic E-state index is 13.3. The maximum Gasteiger partial charge on any atom is 0.143 e. The lowest BCUT2D eigenvalue weighted by atomic mass is 10.1. The van der Waals surface area contributed by atoms with Crippen LogP contribution in [0.1, 0.15) is 12.5 Å². The summed E-state index contributed by atoms with van der Waals surface area (Å²) in [6.45, 7) is 6.91. The topological polar surface area (TPSA) is 27.0 Å². The average molecular weight is 204 g/mol. The zero-order valence-electron chi connectivity index (χ0n) is 8.70. The van der Waals surface area contributed by atoms with Gasteiger partial charge in [0.1, 0.15) is 17.4 Å². The summed E-state index contributed by atoms with van der Waals surface area (Å²) in [5.74, 6) is -0.475. The third-order valence-corrected chi connectivity index (χ3v) is 2.18. The van der Waals surface area contributed by atoms with E-state index in [9.17, 15) is 4.39 Å². The molecule has 0 aromatic heterocycles. The standard InChI is InChI=1S/C12H13FN2/c1-3-8-15(4-2)12-7-5-6-11(13)10(12)9-14/h3,5-7H,1,4,8H2,2H3. The predicted molar refractivity (Wildman–Crippen MR) is 59.2 cm³/mol. The Morgan fingerprint density at radius 2 is 2.33 bits per heavy atom. The Kier molecular flexibility index (Phi) is 3.87. The Labute approximate surface area is 89.2 Å². The molecule has 0 N–H and O–H groups in total. The van der Waals surface area contributed by atoms with Crippen LogP contribution in [0, 0.1) is 17.1 Å². The van der Waals surface area contributed by atoms with Crippen LogP contribution in [-0.4, -0.2) is 13.1 Å². The van der Waals surface area contributed by atoms with Crippen molar-refractivity contribution in [1.29, 1.82) is 5.26 Å². The van der Waals surface area contributed by atoms with Gasteiger partial charge < -0.3 is 4.90 Å². The van der Waals surface area contributed by atoms with Crippen molar-refractivity contribution >= 4 is 5.69 Å². The van der Waals surface area contributed by atoms with Crippen molar-refractivity contribution in [3.63, 3.8) is 0 Å². The molecule has 0 amide bonds. The van der Waals surface area contributed by atoms with Gasteiger partial charge in [0.05, 0.1) is 5.69 Å². The first-order valence-corrected chi connectivity index (χ1v) is 4.79.